The number of Topliss-reactive ketones (excluding diaryl/α,β-unsaturated/α-hetero) is 1. The van der Waals surface area contributed by atoms with Gasteiger partial charge in [0.15, 0.2) is 0 Å². The first-order chi connectivity index (χ1) is 9.34. The molecule has 0 saturated carbocycles. The summed E-state index contributed by atoms with van der Waals surface area (Å²) >= 11 is 0. The van der Waals surface area contributed by atoms with Crippen molar-refractivity contribution in [2.75, 3.05) is 0 Å². The van der Waals surface area contributed by atoms with Crippen LogP contribution >= 0.6 is 0 Å². The molecule has 1 heteroatoms. The van der Waals surface area contributed by atoms with Crippen molar-refractivity contribution in [2.45, 2.75) is 47.5 Å². The summed E-state index contributed by atoms with van der Waals surface area (Å²) in [5, 5.41) is 0. The molecule has 2 unspecified atom stereocenters. The van der Waals surface area contributed by atoms with Crippen molar-refractivity contribution in [2.24, 2.45) is 5.92 Å². The van der Waals surface area contributed by atoms with Crippen LogP contribution in [0.5, 0.6) is 0 Å². The first-order valence-corrected chi connectivity index (χ1v) is 7.25. The second kappa shape index (κ2) is 7.23. The van der Waals surface area contributed by atoms with Crippen LogP contribution in [0.4, 0.5) is 0 Å². The SMILES string of the molecule is CC(=O)C(C)/C(C)=C(C)\C=C(/C)C(C)c1ccccc1. The van der Waals surface area contributed by atoms with E-state index in [0.717, 1.165) is 5.57 Å². The van der Waals surface area contributed by atoms with Crippen LogP contribution in [0.2, 0.25) is 0 Å². The average molecular weight is 270 g/mol. The van der Waals surface area contributed by atoms with Crippen LogP contribution in [-0.2, 0) is 4.79 Å². The van der Waals surface area contributed by atoms with Gasteiger partial charge < -0.3 is 0 Å². The quantitative estimate of drug-likeness (QED) is 0.664. The fourth-order valence-electron chi connectivity index (χ4n) is 2.23. The Hall–Kier alpha value is -1.63. The summed E-state index contributed by atoms with van der Waals surface area (Å²) in [6.45, 7) is 12.2. The standard InChI is InChI=1S/C19H26O/c1-13(15(3)17(5)18(6)20)12-14(2)16(4)19-10-8-7-9-11-19/h7-12,16-17H,1-6H3/b14-12+,15-13-. The molecule has 0 bridgehead atoms. The smallest absolute Gasteiger partial charge is 0.136 e. The van der Waals surface area contributed by atoms with Gasteiger partial charge >= 0.3 is 0 Å². The maximum atomic E-state index is 11.5. The molecule has 0 amide bonds. The average Bonchev–Trinajstić information content (AvgIpc) is 2.45. The summed E-state index contributed by atoms with van der Waals surface area (Å²) < 4.78 is 0. The summed E-state index contributed by atoms with van der Waals surface area (Å²) in [6, 6.07) is 10.5. The first kappa shape index (κ1) is 16.4. The van der Waals surface area contributed by atoms with Gasteiger partial charge in [-0.05, 0) is 33.3 Å². The molecule has 0 fully saturated rings. The number of hydrogen-bond donors (Lipinski definition) is 0. The number of carbonyl (C=O) groups excluding carboxylic acids is 1. The monoisotopic (exact) mass is 270 g/mol. The third-order valence-corrected chi connectivity index (χ3v) is 4.31. The van der Waals surface area contributed by atoms with Crippen molar-refractivity contribution >= 4 is 5.78 Å². The molecular weight excluding hydrogens is 244 g/mol. The third kappa shape index (κ3) is 4.19. The summed E-state index contributed by atoms with van der Waals surface area (Å²) in [5.74, 6) is 0.627. The molecular formula is C19H26O. The molecule has 0 radical (unpaired) electrons. The molecule has 1 nitrogen and oxygen atoms in total. The van der Waals surface area contributed by atoms with E-state index >= 15 is 0 Å². The second-order valence-electron chi connectivity index (χ2n) is 5.72. The van der Waals surface area contributed by atoms with Gasteiger partial charge in [0.05, 0.1) is 0 Å². The molecule has 1 aromatic carbocycles. The van der Waals surface area contributed by atoms with E-state index in [1.54, 1.807) is 6.92 Å². The van der Waals surface area contributed by atoms with Crippen molar-refractivity contribution in [1.82, 2.24) is 0 Å². The van der Waals surface area contributed by atoms with E-state index < -0.39 is 0 Å². The first-order valence-electron chi connectivity index (χ1n) is 7.25. The molecule has 1 aromatic rings. The number of benzene rings is 1. The van der Waals surface area contributed by atoms with Gasteiger partial charge in [-0.25, -0.2) is 0 Å². The number of rotatable bonds is 5. The second-order valence-corrected chi connectivity index (χ2v) is 5.72. The zero-order valence-corrected chi connectivity index (χ0v) is 13.5. The van der Waals surface area contributed by atoms with Gasteiger partial charge in [0.25, 0.3) is 0 Å². The van der Waals surface area contributed by atoms with Gasteiger partial charge in [0.1, 0.15) is 5.78 Å². The van der Waals surface area contributed by atoms with E-state index in [1.807, 2.05) is 13.0 Å². The van der Waals surface area contributed by atoms with Crippen molar-refractivity contribution < 1.29 is 4.79 Å². The topological polar surface area (TPSA) is 17.1 Å². The van der Waals surface area contributed by atoms with Crippen LogP contribution in [0.25, 0.3) is 0 Å². The predicted octanol–water partition coefficient (Wildman–Crippen LogP) is 5.30. The van der Waals surface area contributed by atoms with E-state index in [9.17, 15) is 4.79 Å². The Morgan fingerprint density at radius 3 is 2.05 bits per heavy atom. The van der Waals surface area contributed by atoms with Crippen LogP contribution in [0.3, 0.4) is 0 Å². The van der Waals surface area contributed by atoms with E-state index in [1.165, 1.54) is 16.7 Å². The van der Waals surface area contributed by atoms with Crippen LogP contribution in [0.15, 0.2) is 53.1 Å². The van der Waals surface area contributed by atoms with Gasteiger partial charge in [0, 0.05) is 11.8 Å². The minimum atomic E-state index is 0.00563. The lowest BCUT2D eigenvalue weighted by molar-refractivity contribution is -0.119. The summed E-state index contributed by atoms with van der Waals surface area (Å²) in [5.41, 5.74) is 5.01. The van der Waals surface area contributed by atoms with Crippen LogP contribution in [-0.4, -0.2) is 5.78 Å². The summed E-state index contributed by atoms with van der Waals surface area (Å²) in [7, 11) is 0. The van der Waals surface area contributed by atoms with Gasteiger partial charge in [0.2, 0.25) is 0 Å². The predicted molar refractivity (Wildman–Crippen MR) is 86.8 cm³/mol. The van der Waals surface area contributed by atoms with Crippen molar-refractivity contribution in [3.05, 3.63) is 58.7 Å². The highest BCUT2D eigenvalue weighted by Gasteiger charge is 2.12. The van der Waals surface area contributed by atoms with E-state index in [-0.39, 0.29) is 11.7 Å². The fraction of sp³-hybridized carbons (Fsp3) is 0.421. The summed E-state index contributed by atoms with van der Waals surface area (Å²) in [6.07, 6.45) is 2.21. The molecule has 0 heterocycles. The molecule has 0 aliphatic carbocycles. The molecule has 0 aromatic heterocycles. The molecule has 2 atom stereocenters. The number of allylic oxidation sites excluding steroid dienone is 4. The molecule has 0 N–H and O–H groups in total. The maximum Gasteiger partial charge on any atom is 0.136 e. The lowest BCUT2D eigenvalue weighted by Crippen LogP contribution is -2.08. The van der Waals surface area contributed by atoms with Crippen molar-refractivity contribution in [3.8, 4) is 0 Å². The van der Waals surface area contributed by atoms with Crippen molar-refractivity contribution in [1.29, 1.82) is 0 Å². The summed E-state index contributed by atoms with van der Waals surface area (Å²) in [4.78, 5) is 11.5. The number of hydrogen-bond acceptors (Lipinski definition) is 1. The molecule has 0 aliphatic heterocycles. The lowest BCUT2D eigenvalue weighted by Gasteiger charge is -2.15. The Morgan fingerprint density at radius 2 is 1.55 bits per heavy atom. The molecule has 1 rings (SSSR count). The lowest BCUT2D eigenvalue weighted by atomic mass is 9.90. The van der Waals surface area contributed by atoms with Crippen LogP contribution < -0.4 is 0 Å². The third-order valence-electron chi connectivity index (χ3n) is 4.31. The Balaban J connectivity index is 2.99. The molecule has 108 valence electrons. The molecule has 20 heavy (non-hydrogen) atoms. The molecule has 0 saturated heterocycles. The Morgan fingerprint density at radius 1 is 1.00 bits per heavy atom. The highest BCUT2D eigenvalue weighted by molar-refractivity contribution is 5.81. The number of ketones is 1. The minimum Gasteiger partial charge on any atom is -0.299 e. The highest BCUT2D eigenvalue weighted by atomic mass is 16.1. The molecule has 0 spiro atoms. The molecule has 0 aliphatic rings. The van der Waals surface area contributed by atoms with Crippen LogP contribution in [0.1, 0.15) is 53.0 Å². The van der Waals surface area contributed by atoms with E-state index in [0.29, 0.717) is 5.92 Å². The Kier molecular flexibility index (Phi) is 5.94. The van der Waals surface area contributed by atoms with E-state index in [2.05, 4.69) is 58.0 Å². The van der Waals surface area contributed by atoms with Gasteiger partial charge in [-0.3, -0.25) is 4.79 Å². The van der Waals surface area contributed by atoms with E-state index in [4.69, 9.17) is 0 Å². The minimum absolute atomic E-state index is 0.00563. The largest absolute Gasteiger partial charge is 0.299 e. The van der Waals surface area contributed by atoms with Gasteiger partial charge in [-0.15, -0.1) is 0 Å². The highest BCUT2D eigenvalue weighted by Crippen LogP contribution is 2.26. The normalized spacial score (nSPS) is 16.4. The van der Waals surface area contributed by atoms with Gasteiger partial charge in [-0.2, -0.15) is 0 Å². The van der Waals surface area contributed by atoms with Gasteiger partial charge in [-0.1, -0.05) is 67.0 Å². The Bertz CT molecular complexity index is 520. The zero-order valence-electron chi connectivity index (χ0n) is 13.5. The van der Waals surface area contributed by atoms with Crippen LogP contribution in [0, 0.1) is 5.92 Å². The zero-order chi connectivity index (χ0) is 15.3. The fourth-order valence-corrected chi connectivity index (χ4v) is 2.23. The number of carbonyl (C=O) groups is 1. The van der Waals surface area contributed by atoms with Crippen molar-refractivity contribution in [3.63, 3.8) is 0 Å². The Labute approximate surface area is 123 Å². The maximum absolute atomic E-state index is 11.5.